The third-order valence-corrected chi connectivity index (χ3v) is 8.51. The third kappa shape index (κ3) is 5.61. The summed E-state index contributed by atoms with van der Waals surface area (Å²) in [5.74, 6) is -0.206. The number of sulfonamides is 1. The van der Waals surface area contributed by atoms with Gasteiger partial charge in [0.15, 0.2) is 0 Å². The molecule has 2 amide bonds. The Balaban J connectivity index is 1.28. The van der Waals surface area contributed by atoms with Crippen molar-refractivity contribution in [1.82, 2.24) is 14.1 Å². The lowest BCUT2D eigenvalue weighted by atomic mass is 9.95. The van der Waals surface area contributed by atoms with Crippen LogP contribution in [0.15, 0.2) is 65.6 Å². The van der Waals surface area contributed by atoms with Crippen LogP contribution in [0.2, 0.25) is 0 Å². The van der Waals surface area contributed by atoms with E-state index in [2.05, 4.69) is 0 Å². The van der Waals surface area contributed by atoms with Crippen molar-refractivity contribution in [1.29, 1.82) is 5.26 Å². The van der Waals surface area contributed by atoms with Crippen LogP contribution in [-0.2, 0) is 19.6 Å². The molecule has 2 aliphatic rings. The minimum Gasteiger partial charge on any atom is -0.340 e. The Hall–Kier alpha value is -3.48. The van der Waals surface area contributed by atoms with Gasteiger partial charge >= 0.3 is 0 Å². The van der Waals surface area contributed by atoms with E-state index in [1.54, 1.807) is 34.1 Å². The summed E-state index contributed by atoms with van der Waals surface area (Å²) in [7, 11) is -3.80. The Bertz CT molecular complexity index is 1240. The molecule has 2 heterocycles. The average Bonchev–Trinajstić information content (AvgIpc) is 2.92. The summed E-state index contributed by atoms with van der Waals surface area (Å²) >= 11 is 0. The van der Waals surface area contributed by atoms with Crippen molar-refractivity contribution in [3.05, 3.63) is 71.8 Å². The number of benzene rings is 2. The first-order valence-electron chi connectivity index (χ1n) is 11.7. The van der Waals surface area contributed by atoms with Gasteiger partial charge in [-0.2, -0.15) is 9.57 Å². The fourth-order valence-electron chi connectivity index (χ4n) is 4.51. The van der Waals surface area contributed by atoms with Crippen LogP contribution in [0.1, 0.15) is 24.0 Å². The normalized spacial score (nSPS) is 17.9. The number of piperazine rings is 1. The van der Waals surface area contributed by atoms with E-state index in [0.29, 0.717) is 39.0 Å². The van der Waals surface area contributed by atoms with Crippen molar-refractivity contribution >= 4 is 27.9 Å². The Morgan fingerprint density at radius 1 is 0.857 bits per heavy atom. The van der Waals surface area contributed by atoms with Gasteiger partial charge in [-0.25, -0.2) is 8.42 Å². The second-order valence-electron chi connectivity index (χ2n) is 8.68. The van der Waals surface area contributed by atoms with Crippen molar-refractivity contribution in [2.45, 2.75) is 17.7 Å². The number of nitrogens with zero attached hydrogens (tertiary/aromatic N) is 4. The molecule has 182 valence electrons. The first-order chi connectivity index (χ1) is 16.9. The summed E-state index contributed by atoms with van der Waals surface area (Å²) in [4.78, 5) is 29.1. The molecule has 0 radical (unpaired) electrons. The predicted molar refractivity (Wildman–Crippen MR) is 131 cm³/mol. The number of carbonyl (C=O) groups is 2. The molecule has 2 aromatic rings. The maximum absolute atomic E-state index is 13.1. The molecule has 2 aliphatic heterocycles. The molecule has 0 aliphatic carbocycles. The first kappa shape index (κ1) is 24.6. The van der Waals surface area contributed by atoms with E-state index in [9.17, 15) is 23.3 Å². The van der Waals surface area contributed by atoms with E-state index in [4.69, 9.17) is 0 Å². The van der Waals surface area contributed by atoms with E-state index < -0.39 is 10.0 Å². The molecule has 0 unspecified atom stereocenters. The van der Waals surface area contributed by atoms with Crippen LogP contribution in [0.3, 0.4) is 0 Å². The summed E-state index contributed by atoms with van der Waals surface area (Å²) in [5, 5.41) is 9.26. The van der Waals surface area contributed by atoms with Gasteiger partial charge in [-0.15, -0.1) is 0 Å². The largest absolute Gasteiger partial charge is 0.340 e. The van der Waals surface area contributed by atoms with Crippen molar-refractivity contribution in [2.75, 3.05) is 39.3 Å². The minimum absolute atomic E-state index is 0.000583. The highest BCUT2D eigenvalue weighted by atomic mass is 32.2. The summed E-state index contributed by atoms with van der Waals surface area (Å²) in [6.45, 7) is 2.05. The highest BCUT2D eigenvalue weighted by molar-refractivity contribution is 7.89. The fourth-order valence-corrected chi connectivity index (χ4v) is 6.08. The summed E-state index contributed by atoms with van der Waals surface area (Å²) in [5.41, 5.74) is 1.08. The third-order valence-electron chi connectivity index (χ3n) is 6.55. The Morgan fingerprint density at radius 3 is 2.14 bits per heavy atom. The standard InChI is InChI=1S/C26H28N4O4S/c27-20-23-8-4-5-9-24(23)35(33,34)30-18-16-29(17-19-30)26(32)22-12-14-28(15-13-22)25(31)11-10-21-6-2-1-3-7-21/h1-11,22H,12-19H2. The molecular formula is C26H28N4O4S. The Kier molecular flexibility index (Phi) is 7.63. The molecule has 4 rings (SSSR count). The monoisotopic (exact) mass is 492 g/mol. The number of hydrogen-bond donors (Lipinski definition) is 0. The highest BCUT2D eigenvalue weighted by Gasteiger charge is 2.35. The van der Waals surface area contributed by atoms with Gasteiger partial charge < -0.3 is 9.80 Å². The van der Waals surface area contributed by atoms with Gasteiger partial charge in [0.05, 0.1) is 10.5 Å². The van der Waals surface area contributed by atoms with Crippen LogP contribution in [0.25, 0.3) is 6.08 Å². The zero-order valence-electron chi connectivity index (χ0n) is 19.4. The molecule has 35 heavy (non-hydrogen) atoms. The van der Waals surface area contributed by atoms with Gasteiger partial charge in [0.25, 0.3) is 0 Å². The molecule has 2 aromatic carbocycles. The second-order valence-corrected chi connectivity index (χ2v) is 10.6. The molecule has 0 spiro atoms. The highest BCUT2D eigenvalue weighted by Crippen LogP contribution is 2.24. The van der Waals surface area contributed by atoms with E-state index in [0.717, 1.165) is 5.56 Å². The van der Waals surface area contributed by atoms with Gasteiger partial charge in [-0.05, 0) is 36.6 Å². The van der Waals surface area contributed by atoms with Crippen molar-refractivity contribution in [2.24, 2.45) is 5.92 Å². The first-order valence-corrected chi connectivity index (χ1v) is 13.1. The summed E-state index contributed by atoms with van der Waals surface area (Å²) < 4.78 is 27.4. The van der Waals surface area contributed by atoms with Crippen molar-refractivity contribution in [3.63, 3.8) is 0 Å². The van der Waals surface area contributed by atoms with Gasteiger partial charge in [-0.3, -0.25) is 9.59 Å². The zero-order chi connectivity index (χ0) is 24.8. The predicted octanol–water partition coefficient (Wildman–Crippen LogP) is 2.34. The van der Waals surface area contributed by atoms with Gasteiger partial charge in [0.2, 0.25) is 21.8 Å². The number of carbonyl (C=O) groups excluding carboxylic acids is 2. The fraction of sp³-hybridized carbons (Fsp3) is 0.346. The van der Waals surface area contributed by atoms with Crippen LogP contribution in [-0.4, -0.2) is 73.6 Å². The number of rotatable bonds is 5. The lowest BCUT2D eigenvalue weighted by Crippen LogP contribution is -2.53. The summed E-state index contributed by atoms with van der Waals surface area (Å²) in [6.07, 6.45) is 4.55. The molecule has 2 fully saturated rings. The second kappa shape index (κ2) is 10.8. The van der Waals surface area contributed by atoms with Gasteiger partial charge in [-0.1, -0.05) is 42.5 Å². The summed E-state index contributed by atoms with van der Waals surface area (Å²) in [6, 6.07) is 17.7. The van der Waals surface area contributed by atoms with E-state index >= 15 is 0 Å². The maximum atomic E-state index is 13.1. The average molecular weight is 493 g/mol. The topological polar surface area (TPSA) is 102 Å². The molecule has 0 saturated carbocycles. The van der Waals surface area contributed by atoms with E-state index in [-0.39, 0.29) is 41.3 Å². The molecule has 9 heteroatoms. The van der Waals surface area contributed by atoms with Crippen molar-refractivity contribution < 1.29 is 18.0 Å². The van der Waals surface area contributed by atoms with Crippen molar-refractivity contribution in [3.8, 4) is 6.07 Å². The molecular weight excluding hydrogens is 464 g/mol. The molecule has 0 bridgehead atoms. The molecule has 8 nitrogen and oxygen atoms in total. The maximum Gasteiger partial charge on any atom is 0.246 e. The van der Waals surface area contributed by atoms with Crippen LogP contribution >= 0.6 is 0 Å². The zero-order valence-corrected chi connectivity index (χ0v) is 20.2. The molecule has 0 aromatic heterocycles. The van der Waals surface area contributed by atoms with Gasteiger partial charge in [0.1, 0.15) is 6.07 Å². The molecule has 0 N–H and O–H groups in total. The number of hydrogen-bond acceptors (Lipinski definition) is 5. The molecule has 0 atom stereocenters. The van der Waals surface area contributed by atoms with Crippen LogP contribution in [0.4, 0.5) is 0 Å². The van der Waals surface area contributed by atoms with Crippen LogP contribution in [0.5, 0.6) is 0 Å². The smallest absolute Gasteiger partial charge is 0.246 e. The minimum atomic E-state index is -3.80. The number of amides is 2. The number of piperidine rings is 1. The number of nitriles is 1. The SMILES string of the molecule is N#Cc1ccccc1S(=O)(=O)N1CCN(C(=O)C2CCN(C(=O)C=Cc3ccccc3)CC2)CC1. The van der Waals surface area contributed by atoms with Gasteiger partial charge in [0, 0.05) is 51.3 Å². The lowest BCUT2D eigenvalue weighted by molar-refractivity contribution is -0.140. The number of likely N-dealkylation sites (tertiary alicyclic amines) is 1. The lowest BCUT2D eigenvalue weighted by Gasteiger charge is -2.38. The van der Waals surface area contributed by atoms with Crippen LogP contribution in [0, 0.1) is 17.2 Å². The Labute approximate surface area is 206 Å². The Morgan fingerprint density at radius 2 is 1.49 bits per heavy atom. The van der Waals surface area contributed by atoms with E-state index in [1.807, 2.05) is 36.4 Å². The quantitative estimate of drug-likeness (QED) is 0.597. The van der Waals surface area contributed by atoms with E-state index in [1.165, 1.54) is 16.4 Å². The van der Waals surface area contributed by atoms with Crippen LogP contribution < -0.4 is 0 Å². The molecule has 2 saturated heterocycles.